The number of hydrogen-bond acceptors (Lipinski definition) is 5. The molecule has 0 saturated carbocycles. The minimum atomic E-state index is 0.231. The van der Waals surface area contributed by atoms with Crippen molar-refractivity contribution in [3.63, 3.8) is 0 Å². The zero-order chi connectivity index (χ0) is 12.7. The van der Waals surface area contributed by atoms with Crippen molar-refractivity contribution in [1.82, 2.24) is 5.16 Å². The molecule has 94 valence electrons. The molecule has 1 aromatic carbocycles. The molecule has 0 fully saturated rings. The minimum Gasteiger partial charge on any atom is -0.507 e. The Hall–Kier alpha value is -2.17. The summed E-state index contributed by atoms with van der Waals surface area (Å²) in [6.07, 6.45) is 3.45. The Labute approximate surface area is 105 Å². The monoisotopic (exact) mass is 245 g/mol. The molecule has 1 aromatic heterocycles. The van der Waals surface area contributed by atoms with Crippen LogP contribution in [0.1, 0.15) is 12.0 Å². The molecule has 1 aliphatic heterocycles. The number of rotatable bonds is 1. The molecular formula is C13H15N3O2. The number of hydrogen-bond donors (Lipinski definition) is 2. The maximum Gasteiger partial charge on any atom is 0.230 e. The predicted octanol–water partition coefficient (Wildman–Crippen LogP) is 2.01. The number of fused-ring (bicyclic) bond motifs is 1. The van der Waals surface area contributed by atoms with E-state index >= 15 is 0 Å². The van der Waals surface area contributed by atoms with Crippen LogP contribution in [0.3, 0.4) is 0 Å². The van der Waals surface area contributed by atoms with Gasteiger partial charge in [-0.2, -0.15) is 0 Å². The van der Waals surface area contributed by atoms with Gasteiger partial charge in [-0.1, -0.05) is 5.16 Å². The topological polar surface area (TPSA) is 75.5 Å². The van der Waals surface area contributed by atoms with E-state index in [2.05, 4.69) is 10.1 Å². The van der Waals surface area contributed by atoms with Gasteiger partial charge < -0.3 is 20.3 Å². The first-order valence-corrected chi connectivity index (χ1v) is 5.95. The van der Waals surface area contributed by atoms with E-state index in [4.69, 9.17) is 10.3 Å². The summed E-state index contributed by atoms with van der Waals surface area (Å²) in [5.74, 6) is 0.517. The van der Waals surface area contributed by atoms with E-state index in [-0.39, 0.29) is 11.6 Å². The van der Waals surface area contributed by atoms with Crippen molar-refractivity contribution in [3.8, 4) is 16.9 Å². The van der Waals surface area contributed by atoms with Crippen molar-refractivity contribution in [3.05, 3.63) is 23.9 Å². The summed E-state index contributed by atoms with van der Waals surface area (Å²) in [6.45, 7) is 1.02. The van der Waals surface area contributed by atoms with Gasteiger partial charge in [-0.25, -0.2) is 0 Å². The van der Waals surface area contributed by atoms with Crippen molar-refractivity contribution in [2.45, 2.75) is 12.8 Å². The fourth-order valence-electron chi connectivity index (χ4n) is 2.51. The molecule has 1 aliphatic rings. The Morgan fingerprint density at radius 1 is 1.39 bits per heavy atom. The normalized spacial score (nSPS) is 14.6. The molecule has 5 heteroatoms. The second-order valence-electron chi connectivity index (χ2n) is 4.59. The lowest BCUT2D eigenvalue weighted by Gasteiger charge is -2.28. The molecule has 0 spiro atoms. The number of aromatic nitrogens is 1. The molecule has 3 N–H and O–H groups in total. The van der Waals surface area contributed by atoms with Gasteiger partial charge >= 0.3 is 0 Å². The summed E-state index contributed by atoms with van der Waals surface area (Å²) in [4.78, 5) is 2.15. The van der Waals surface area contributed by atoms with Gasteiger partial charge in [-0.05, 0) is 25.0 Å². The van der Waals surface area contributed by atoms with Gasteiger partial charge in [0.2, 0.25) is 5.88 Å². The van der Waals surface area contributed by atoms with Gasteiger partial charge in [0.15, 0.2) is 0 Å². The van der Waals surface area contributed by atoms with Crippen molar-refractivity contribution >= 4 is 11.6 Å². The number of anilines is 2. The van der Waals surface area contributed by atoms with Gasteiger partial charge in [-0.15, -0.1) is 0 Å². The van der Waals surface area contributed by atoms with Crippen LogP contribution in [0.15, 0.2) is 22.9 Å². The van der Waals surface area contributed by atoms with Crippen LogP contribution in [0.5, 0.6) is 5.75 Å². The van der Waals surface area contributed by atoms with Crippen LogP contribution >= 0.6 is 0 Å². The van der Waals surface area contributed by atoms with Gasteiger partial charge in [-0.3, -0.25) is 0 Å². The maximum absolute atomic E-state index is 10.4. The SMILES string of the molecule is CN1CCCc2c1ccc(-c1cnoc1N)c2O. The molecule has 0 saturated heterocycles. The van der Waals surface area contributed by atoms with Crippen molar-refractivity contribution in [1.29, 1.82) is 0 Å². The van der Waals surface area contributed by atoms with Gasteiger partial charge in [0.1, 0.15) is 5.75 Å². The Bertz CT molecular complexity index is 592. The van der Waals surface area contributed by atoms with Gasteiger partial charge in [0.05, 0.1) is 11.8 Å². The van der Waals surface area contributed by atoms with Crippen LogP contribution in [-0.4, -0.2) is 23.9 Å². The smallest absolute Gasteiger partial charge is 0.230 e. The number of nitrogen functional groups attached to an aromatic ring is 1. The third-order valence-corrected chi connectivity index (χ3v) is 3.48. The van der Waals surface area contributed by atoms with Crippen molar-refractivity contribution in [2.75, 3.05) is 24.2 Å². The molecule has 0 amide bonds. The quantitative estimate of drug-likeness (QED) is 0.803. The molecule has 0 atom stereocenters. The van der Waals surface area contributed by atoms with E-state index < -0.39 is 0 Å². The first-order chi connectivity index (χ1) is 8.68. The zero-order valence-corrected chi connectivity index (χ0v) is 10.2. The van der Waals surface area contributed by atoms with Crippen LogP contribution in [0, 0.1) is 0 Å². The lowest BCUT2D eigenvalue weighted by molar-refractivity contribution is 0.436. The van der Waals surface area contributed by atoms with Crippen LogP contribution < -0.4 is 10.6 Å². The average molecular weight is 245 g/mol. The standard InChI is InChI=1S/C13H15N3O2/c1-16-6-2-3-9-11(16)5-4-8(12(9)17)10-7-15-18-13(10)14/h4-5,7,17H,2-3,6,14H2,1H3. The molecule has 0 unspecified atom stereocenters. The highest BCUT2D eigenvalue weighted by molar-refractivity contribution is 5.81. The molecule has 0 bridgehead atoms. The number of aromatic hydroxyl groups is 1. The lowest BCUT2D eigenvalue weighted by atomic mass is 9.96. The molecule has 18 heavy (non-hydrogen) atoms. The van der Waals surface area contributed by atoms with Crippen molar-refractivity contribution < 1.29 is 9.63 Å². The lowest BCUT2D eigenvalue weighted by Crippen LogP contribution is -2.24. The van der Waals surface area contributed by atoms with E-state index in [0.717, 1.165) is 30.6 Å². The second kappa shape index (κ2) is 3.94. The first-order valence-electron chi connectivity index (χ1n) is 5.95. The largest absolute Gasteiger partial charge is 0.507 e. The molecule has 2 aromatic rings. The average Bonchev–Trinajstić information content (AvgIpc) is 2.77. The Morgan fingerprint density at radius 2 is 2.22 bits per heavy atom. The Morgan fingerprint density at radius 3 is 2.94 bits per heavy atom. The fraction of sp³-hybridized carbons (Fsp3) is 0.308. The van der Waals surface area contributed by atoms with Gasteiger partial charge in [0.25, 0.3) is 0 Å². The summed E-state index contributed by atoms with van der Waals surface area (Å²) in [5, 5.41) is 14.0. The van der Waals surface area contributed by atoms with E-state index in [9.17, 15) is 5.11 Å². The van der Waals surface area contributed by atoms with Crippen LogP contribution in [0.2, 0.25) is 0 Å². The molecule has 0 aliphatic carbocycles. The number of nitrogens with two attached hydrogens (primary N) is 1. The highest BCUT2D eigenvalue weighted by Gasteiger charge is 2.21. The predicted molar refractivity (Wildman–Crippen MR) is 69.6 cm³/mol. The molecule has 5 nitrogen and oxygen atoms in total. The maximum atomic E-state index is 10.4. The van der Waals surface area contributed by atoms with E-state index in [1.165, 1.54) is 6.20 Å². The highest BCUT2D eigenvalue weighted by atomic mass is 16.5. The molecular weight excluding hydrogens is 230 g/mol. The zero-order valence-electron chi connectivity index (χ0n) is 10.2. The van der Waals surface area contributed by atoms with E-state index in [1.54, 1.807) is 0 Å². The van der Waals surface area contributed by atoms with Crippen molar-refractivity contribution in [2.24, 2.45) is 0 Å². The summed E-state index contributed by atoms with van der Waals surface area (Å²) in [5.41, 5.74) is 9.07. The van der Waals surface area contributed by atoms with Crippen LogP contribution in [0.25, 0.3) is 11.1 Å². The van der Waals surface area contributed by atoms with Gasteiger partial charge in [0, 0.05) is 30.4 Å². The summed E-state index contributed by atoms with van der Waals surface area (Å²) >= 11 is 0. The number of benzene rings is 1. The molecule has 2 heterocycles. The summed E-state index contributed by atoms with van der Waals surface area (Å²) in [7, 11) is 2.03. The third-order valence-electron chi connectivity index (χ3n) is 3.48. The molecule has 3 rings (SSSR count). The minimum absolute atomic E-state index is 0.231. The van der Waals surface area contributed by atoms with Crippen LogP contribution in [-0.2, 0) is 6.42 Å². The number of phenolic OH excluding ortho intramolecular Hbond substituents is 1. The first kappa shape index (κ1) is 11.0. The third kappa shape index (κ3) is 1.51. The Balaban J connectivity index is 2.17. The highest BCUT2D eigenvalue weighted by Crippen LogP contribution is 2.41. The summed E-state index contributed by atoms with van der Waals surface area (Å²) in [6, 6.07) is 3.87. The fourth-order valence-corrected chi connectivity index (χ4v) is 2.51. The Kier molecular flexibility index (Phi) is 2.40. The second-order valence-corrected chi connectivity index (χ2v) is 4.59. The number of nitrogens with zero attached hydrogens (tertiary/aromatic N) is 2. The van der Waals surface area contributed by atoms with Crippen LogP contribution in [0.4, 0.5) is 11.6 Å². The number of phenols is 1. The summed E-state index contributed by atoms with van der Waals surface area (Å²) < 4.78 is 4.85. The molecule has 0 radical (unpaired) electrons. The van der Waals surface area contributed by atoms with E-state index in [1.807, 2.05) is 19.2 Å². The van der Waals surface area contributed by atoms with E-state index in [0.29, 0.717) is 11.1 Å².